The van der Waals surface area contributed by atoms with Gasteiger partial charge in [0.1, 0.15) is 0 Å². The first-order chi connectivity index (χ1) is 8.92. The van der Waals surface area contributed by atoms with Gasteiger partial charge in [-0.25, -0.2) is 0 Å². The summed E-state index contributed by atoms with van der Waals surface area (Å²) in [6, 6.07) is 20.2. The third-order valence-electron chi connectivity index (χ3n) is 2.81. The molecule has 1 heterocycles. The number of hydrogen-bond acceptors (Lipinski definition) is 2. The van der Waals surface area contributed by atoms with E-state index >= 15 is 0 Å². The van der Waals surface area contributed by atoms with Gasteiger partial charge in [0.05, 0.1) is 6.54 Å². The molecule has 3 rings (SSSR count). The summed E-state index contributed by atoms with van der Waals surface area (Å²) < 4.78 is 0. The van der Waals surface area contributed by atoms with Crippen LogP contribution in [-0.4, -0.2) is 4.98 Å². The Bertz CT molecular complexity index is 598. The van der Waals surface area contributed by atoms with Gasteiger partial charge in [-0.1, -0.05) is 48.5 Å². The van der Waals surface area contributed by atoms with Crippen molar-refractivity contribution in [1.29, 1.82) is 0 Å². The van der Waals surface area contributed by atoms with Crippen LogP contribution in [0.2, 0.25) is 0 Å². The van der Waals surface area contributed by atoms with E-state index in [1.165, 1.54) is 5.56 Å². The molecule has 0 atom stereocenters. The van der Waals surface area contributed by atoms with Gasteiger partial charge in [-0.3, -0.25) is 0 Å². The van der Waals surface area contributed by atoms with E-state index in [2.05, 4.69) is 28.7 Å². The Morgan fingerprint density at radius 1 is 0.944 bits per heavy atom. The van der Waals surface area contributed by atoms with Gasteiger partial charge in [0.25, 0.3) is 0 Å². The zero-order valence-corrected chi connectivity index (χ0v) is 9.89. The number of aromatic amines is 1. The molecule has 0 unspecified atom stereocenters. The zero-order valence-electron chi connectivity index (χ0n) is 9.89. The summed E-state index contributed by atoms with van der Waals surface area (Å²) in [5, 5.41) is 1.15. The van der Waals surface area contributed by atoms with Gasteiger partial charge in [-0.05, 0) is 11.6 Å². The smallest absolute Gasteiger partial charge is 0.217 e. The molecule has 90 valence electrons. The number of fused-ring (bicyclic) bond motifs is 1. The third-order valence-corrected chi connectivity index (χ3v) is 2.81. The summed E-state index contributed by atoms with van der Waals surface area (Å²) >= 11 is 0. The standard InChI is InChI=1S/C15H14N2O/c1-2-6-12(7-3-1)11-16-18-15-10-13-8-4-5-9-14(13)17-15/h1-10,16-17H,11H2. The normalized spacial score (nSPS) is 10.7. The summed E-state index contributed by atoms with van der Waals surface area (Å²) in [4.78, 5) is 8.69. The minimum absolute atomic E-state index is 0.677. The summed E-state index contributed by atoms with van der Waals surface area (Å²) in [6.07, 6.45) is 0. The first-order valence-electron chi connectivity index (χ1n) is 5.93. The van der Waals surface area contributed by atoms with Gasteiger partial charge < -0.3 is 9.82 Å². The van der Waals surface area contributed by atoms with Crippen molar-refractivity contribution in [3.05, 3.63) is 66.2 Å². The Kier molecular flexibility index (Phi) is 2.98. The average Bonchev–Trinajstić information content (AvgIpc) is 2.82. The van der Waals surface area contributed by atoms with Gasteiger partial charge in [-0.15, -0.1) is 0 Å². The number of aromatic nitrogens is 1. The summed E-state index contributed by atoms with van der Waals surface area (Å²) in [6.45, 7) is 0.677. The van der Waals surface area contributed by atoms with Gasteiger partial charge in [0.2, 0.25) is 5.88 Å². The highest BCUT2D eigenvalue weighted by molar-refractivity contribution is 5.81. The van der Waals surface area contributed by atoms with Crippen LogP contribution in [0.5, 0.6) is 5.88 Å². The van der Waals surface area contributed by atoms with Crippen LogP contribution in [0, 0.1) is 0 Å². The molecule has 0 bridgehead atoms. The quantitative estimate of drug-likeness (QED) is 0.684. The molecule has 0 amide bonds. The molecular weight excluding hydrogens is 224 g/mol. The molecule has 3 heteroatoms. The third kappa shape index (κ3) is 2.36. The lowest BCUT2D eigenvalue weighted by Gasteiger charge is -2.04. The number of benzene rings is 2. The lowest BCUT2D eigenvalue weighted by atomic mass is 10.2. The fraction of sp³-hybridized carbons (Fsp3) is 0.0667. The lowest BCUT2D eigenvalue weighted by molar-refractivity contribution is 0.183. The molecule has 0 saturated carbocycles. The van der Waals surface area contributed by atoms with Crippen molar-refractivity contribution in [2.24, 2.45) is 0 Å². The maximum absolute atomic E-state index is 5.49. The lowest BCUT2D eigenvalue weighted by Crippen LogP contribution is -2.17. The molecule has 0 radical (unpaired) electrons. The first kappa shape index (κ1) is 10.9. The average molecular weight is 238 g/mol. The molecular formula is C15H14N2O. The van der Waals surface area contributed by atoms with E-state index in [0.29, 0.717) is 6.54 Å². The fourth-order valence-electron chi connectivity index (χ4n) is 1.89. The van der Waals surface area contributed by atoms with Crippen LogP contribution in [0.25, 0.3) is 10.9 Å². The number of rotatable bonds is 4. The van der Waals surface area contributed by atoms with Crippen LogP contribution in [-0.2, 0) is 6.54 Å². The van der Waals surface area contributed by atoms with Gasteiger partial charge in [0.15, 0.2) is 0 Å². The van der Waals surface area contributed by atoms with Gasteiger partial charge in [-0.2, -0.15) is 5.48 Å². The Hall–Kier alpha value is -2.26. The second kappa shape index (κ2) is 4.94. The Morgan fingerprint density at radius 3 is 2.56 bits per heavy atom. The maximum atomic E-state index is 5.49. The number of hydroxylamine groups is 1. The van der Waals surface area contributed by atoms with Crippen LogP contribution >= 0.6 is 0 Å². The van der Waals surface area contributed by atoms with E-state index in [9.17, 15) is 0 Å². The highest BCUT2D eigenvalue weighted by Crippen LogP contribution is 2.19. The van der Waals surface area contributed by atoms with Crippen molar-refractivity contribution < 1.29 is 4.84 Å². The van der Waals surface area contributed by atoms with Crippen LogP contribution in [0.1, 0.15) is 5.56 Å². The van der Waals surface area contributed by atoms with Gasteiger partial charge >= 0.3 is 0 Å². The van der Waals surface area contributed by atoms with Crippen molar-refractivity contribution in [1.82, 2.24) is 10.5 Å². The summed E-state index contributed by atoms with van der Waals surface area (Å²) in [5.74, 6) is 0.729. The molecule has 0 saturated heterocycles. The number of nitrogens with one attached hydrogen (secondary N) is 2. The van der Waals surface area contributed by atoms with Crippen LogP contribution in [0.4, 0.5) is 0 Å². The Labute approximate surface area is 105 Å². The summed E-state index contributed by atoms with van der Waals surface area (Å²) in [7, 11) is 0. The molecule has 2 aromatic carbocycles. The van der Waals surface area contributed by atoms with Crippen LogP contribution in [0.3, 0.4) is 0 Å². The molecule has 0 fully saturated rings. The topological polar surface area (TPSA) is 37.0 Å². The predicted molar refractivity (Wildman–Crippen MR) is 72.2 cm³/mol. The predicted octanol–water partition coefficient (Wildman–Crippen LogP) is 3.25. The minimum Gasteiger partial charge on any atom is -0.390 e. The first-order valence-corrected chi connectivity index (χ1v) is 5.93. The van der Waals surface area contributed by atoms with Gasteiger partial charge in [0, 0.05) is 17.0 Å². The Morgan fingerprint density at radius 2 is 1.72 bits per heavy atom. The van der Waals surface area contributed by atoms with E-state index < -0.39 is 0 Å². The molecule has 0 aliphatic rings. The molecule has 3 aromatic rings. The van der Waals surface area contributed by atoms with Crippen molar-refractivity contribution in [3.8, 4) is 5.88 Å². The van der Waals surface area contributed by atoms with E-state index in [1.54, 1.807) is 0 Å². The molecule has 3 nitrogen and oxygen atoms in total. The van der Waals surface area contributed by atoms with Crippen LogP contribution < -0.4 is 10.3 Å². The maximum Gasteiger partial charge on any atom is 0.217 e. The SMILES string of the molecule is c1ccc(CNOc2cc3ccccc3[nH]2)cc1. The molecule has 0 spiro atoms. The molecule has 1 aromatic heterocycles. The highest BCUT2D eigenvalue weighted by atomic mass is 16.7. The highest BCUT2D eigenvalue weighted by Gasteiger charge is 2.00. The Balaban J connectivity index is 1.63. The van der Waals surface area contributed by atoms with E-state index in [4.69, 9.17) is 4.84 Å². The minimum atomic E-state index is 0.677. The molecule has 0 aliphatic carbocycles. The zero-order chi connectivity index (χ0) is 12.2. The molecule has 18 heavy (non-hydrogen) atoms. The van der Waals surface area contributed by atoms with E-state index in [-0.39, 0.29) is 0 Å². The monoisotopic (exact) mass is 238 g/mol. The molecule has 0 aliphatic heterocycles. The number of H-pyrrole nitrogens is 1. The van der Waals surface area contributed by atoms with Crippen molar-refractivity contribution in [2.75, 3.05) is 0 Å². The van der Waals surface area contributed by atoms with E-state index in [0.717, 1.165) is 16.8 Å². The number of hydrogen-bond donors (Lipinski definition) is 2. The number of para-hydroxylation sites is 1. The van der Waals surface area contributed by atoms with Crippen molar-refractivity contribution in [3.63, 3.8) is 0 Å². The van der Waals surface area contributed by atoms with Crippen molar-refractivity contribution >= 4 is 10.9 Å². The second-order valence-electron chi connectivity index (χ2n) is 4.13. The van der Waals surface area contributed by atoms with E-state index in [1.807, 2.05) is 42.5 Å². The summed E-state index contributed by atoms with van der Waals surface area (Å²) in [5.41, 5.74) is 5.21. The molecule has 2 N–H and O–H groups in total. The fourth-order valence-corrected chi connectivity index (χ4v) is 1.89. The van der Waals surface area contributed by atoms with Crippen molar-refractivity contribution in [2.45, 2.75) is 6.54 Å². The van der Waals surface area contributed by atoms with Crippen LogP contribution in [0.15, 0.2) is 60.7 Å². The second-order valence-corrected chi connectivity index (χ2v) is 4.13. The largest absolute Gasteiger partial charge is 0.390 e.